The highest BCUT2D eigenvalue weighted by molar-refractivity contribution is 5.73. The van der Waals surface area contributed by atoms with Gasteiger partial charge in [0.25, 0.3) is 0 Å². The fourth-order valence-corrected chi connectivity index (χ4v) is 2.15. The fourth-order valence-electron chi connectivity index (χ4n) is 2.15. The van der Waals surface area contributed by atoms with Crippen LogP contribution in [0, 0.1) is 11.6 Å². The number of carboxylic acid groups (broad SMARTS) is 1. The molecule has 0 spiro atoms. The minimum absolute atomic E-state index is 0.0241. The van der Waals surface area contributed by atoms with Crippen molar-refractivity contribution >= 4 is 5.97 Å². The number of carbonyl (C=O) groups is 1. The van der Waals surface area contributed by atoms with Gasteiger partial charge in [0.15, 0.2) is 0 Å². The molecule has 3 nitrogen and oxygen atoms in total. The van der Waals surface area contributed by atoms with Crippen molar-refractivity contribution in [2.45, 2.75) is 31.3 Å². The number of hydrogen-bond donors (Lipinski definition) is 2. The van der Waals surface area contributed by atoms with Crippen molar-refractivity contribution in [3.05, 3.63) is 35.4 Å². The predicted molar refractivity (Wildman–Crippen MR) is 57.6 cm³/mol. The van der Waals surface area contributed by atoms with E-state index < -0.39 is 23.6 Å². The van der Waals surface area contributed by atoms with E-state index in [0.717, 1.165) is 0 Å². The van der Waals surface area contributed by atoms with Crippen molar-refractivity contribution in [3.63, 3.8) is 0 Å². The van der Waals surface area contributed by atoms with Crippen molar-refractivity contribution in [1.82, 2.24) is 5.32 Å². The molecular weight excluding hydrogens is 228 g/mol. The molecule has 2 unspecified atom stereocenters. The van der Waals surface area contributed by atoms with Gasteiger partial charge in [0.2, 0.25) is 0 Å². The van der Waals surface area contributed by atoms with Gasteiger partial charge in [0.05, 0.1) is 0 Å². The number of hydrogen-bond acceptors (Lipinski definition) is 2. The van der Waals surface area contributed by atoms with Crippen LogP contribution in [0.5, 0.6) is 0 Å². The zero-order chi connectivity index (χ0) is 12.4. The number of benzene rings is 1. The van der Waals surface area contributed by atoms with Crippen LogP contribution in [0.25, 0.3) is 0 Å². The number of aliphatic carboxylic acids is 1. The molecule has 2 rings (SSSR count). The van der Waals surface area contributed by atoms with Crippen LogP contribution in [0.3, 0.4) is 0 Å². The van der Waals surface area contributed by atoms with Crippen LogP contribution in [0.2, 0.25) is 0 Å². The summed E-state index contributed by atoms with van der Waals surface area (Å²) in [5.41, 5.74) is 0.0241. The Hall–Kier alpha value is -1.49. The largest absolute Gasteiger partial charge is 0.480 e. The van der Waals surface area contributed by atoms with Crippen LogP contribution in [0.1, 0.15) is 18.4 Å². The molecule has 1 heterocycles. The van der Waals surface area contributed by atoms with Gasteiger partial charge in [-0.05, 0) is 31.4 Å². The second-order valence-electron chi connectivity index (χ2n) is 4.24. The first-order valence-corrected chi connectivity index (χ1v) is 5.49. The lowest BCUT2D eigenvalue weighted by Crippen LogP contribution is -2.36. The van der Waals surface area contributed by atoms with Crippen LogP contribution in [-0.2, 0) is 11.2 Å². The maximum Gasteiger partial charge on any atom is 0.320 e. The third-order valence-corrected chi connectivity index (χ3v) is 3.05. The lowest BCUT2D eigenvalue weighted by Gasteiger charge is -2.13. The number of nitrogens with one attached hydrogen (secondary N) is 1. The number of carboxylic acids is 1. The molecule has 0 radical (unpaired) electrons. The van der Waals surface area contributed by atoms with E-state index in [1.54, 1.807) is 0 Å². The van der Waals surface area contributed by atoms with Gasteiger partial charge >= 0.3 is 5.97 Å². The van der Waals surface area contributed by atoms with Crippen LogP contribution < -0.4 is 5.32 Å². The number of rotatable bonds is 3. The molecule has 0 bridgehead atoms. The molecule has 1 aromatic carbocycles. The van der Waals surface area contributed by atoms with Crippen LogP contribution in [0.15, 0.2) is 18.2 Å². The third-order valence-electron chi connectivity index (χ3n) is 3.05. The minimum atomic E-state index is -0.915. The molecule has 1 fully saturated rings. The number of halogens is 2. The Bertz CT molecular complexity index is 416. The highest BCUT2D eigenvalue weighted by atomic mass is 19.1. The van der Waals surface area contributed by atoms with Crippen molar-refractivity contribution in [2.75, 3.05) is 0 Å². The lowest BCUT2D eigenvalue weighted by atomic mass is 10.0. The first-order chi connectivity index (χ1) is 8.08. The third kappa shape index (κ3) is 2.61. The van der Waals surface area contributed by atoms with Gasteiger partial charge in [-0.25, -0.2) is 8.78 Å². The molecule has 0 saturated carbocycles. The molecule has 2 N–H and O–H groups in total. The molecular formula is C12H13F2NO2. The van der Waals surface area contributed by atoms with Gasteiger partial charge in [-0.15, -0.1) is 0 Å². The summed E-state index contributed by atoms with van der Waals surface area (Å²) in [6, 6.07) is 2.96. The monoisotopic (exact) mass is 241 g/mol. The maximum absolute atomic E-state index is 13.4. The van der Waals surface area contributed by atoms with E-state index in [2.05, 4.69) is 5.32 Å². The van der Waals surface area contributed by atoms with E-state index in [4.69, 9.17) is 5.11 Å². The molecule has 0 aromatic heterocycles. The second-order valence-corrected chi connectivity index (χ2v) is 4.24. The summed E-state index contributed by atoms with van der Waals surface area (Å²) in [5, 5.41) is 11.7. The lowest BCUT2D eigenvalue weighted by molar-refractivity contribution is -0.139. The molecule has 0 amide bonds. The Morgan fingerprint density at radius 2 is 2.00 bits per heavy atom. The quantitative estimate of drug-likeness (QED) is 0.847. The molecule has 5 heteroatoms. The van der Waals surface area contributed by atoms with E-state index in [1.165, 1.54) is 18.2 Å². The minimum Gasteiger partial charge on any atom is -0.480 e. The molecule has 2 atom stereocenters. The Labute approximate surface area is 97.5 Å². The summed E-state index contributed by atoms with van der Waals surface area (Å²) in [6.07, 6.45) is 1.29. The van der Waals surface area contributed by atoms with E-state index >= 15 is 0 Å². The molecule has 17 heavy (non-hydrogen) atoms. The van der Waals surface area contributed by atoms with Crippen molar-refractivity contribution in [1.29, 1.82) is 0 Å². The Kier molecular flexibility index (Phi) is 3.38. The van der Waals surface area contributed by atoms with Crippen molar-refractivity contribution in [2.24, 2.45) is 0 Å². The zero-order valence-electron chi connectivity index (χ0n) is 9.12. The first-order valence-electron chi connectivity index (χ1n) is 5.49. The summed E-state index contributed by atoms with van der Waals surface area (Å²) in [7, 11) is 0. The highest BCUT2D eigenvalue weighted by Crippen LogP contribution is 2.20. The van der Waals surface area contributed by atoms with Crippen LogP contribution >= 0.6 is 0 Å². The van der Waals surface area contributed by atoms with Gasteiger partial charge in [-0.3, -0.25) is 4.79 Å². The average molecular weight is 241 g/mol. The first kappa shape index (κ1) is 12.0. The van der Waals surface area contributed by atoms with E-state index in [1.807, 2.05) is 0 Å². The summed E-state index contributed by atoms with van der Waals surface area (Å²) in [5.74, 6) is -2.07. The molecule has 1 aliphatic heterocycles. The summed E-state index contributed by atoms with van der Waals surface area (Å²) in [4.78, 5) is 10.7. The maximum atomic E-state index is 13.4. The molecule has 0 aliphatic carbocycles. The topological polar surface area (TPSA) is 49.3 Å². The van der Waals surface area contributed by atoms with E-state index in [0.29, 0.717) is 12.8 Å². The summed E-state index contributed by atoms with van der Waals surface area (Å²) >= 11 is 0. The van der Waals surface area contributed by atoms with Gasteiger partial charge in [-0.2, -0.15) is 0 Å². The second kappa shape index (κ2) is 4.79. The van der Waals surface area contributed by atoms with Gasteiger partial charge in [0.1, 0.15) is 17.7 Å². The Balaban J connectivity index is 2.05. The van der Waals surface area contributed by atoms with E-state index in [-0.39, 0.29) is 18.0 Å². The fraction of sp³-hybridized carbons (Fsp3) is 0.417. The molecule has 92 valence electrons. The van der Waals surface area contributed by atoms with Gasteiger partial charge in [-0.1, -0.05) is 6.07 Å². The normalized spacial score (nSPS) is 23.9. The molecule has 1 aliphatic rings. The summed E-state index contributed by atoms with van der Waals surface area (Å²) < 4.78 is 26.8. The molecule has 1 saturated heterocycles. The predicted octanol–water partition coefficient (Wildman–Crippen LogP) is 1.71. The Morgan fingerprint density at radius 3 is 2.53 bits per heavy atom. The van der Waals surface area contributed by atoms with Crippen molar-refractivity contribution in [3.8, 4) is 0 Å². The average Bonchev–Trinajstić information content (AvgIpc) is 2.72. The standard InChI is InChI=1S/C12H13F2NO2/c13-9-2-1-3-10(14)8(9)6-7-4-5-11(15-7)12(16)17/h1-3,7,11,15H,4-6H2,(H,16,17). The van der Waals surface area contributed by atoms with Gasteiger partial charge in [0, 0.05) is 11.6 Å². The van der Waals surface area contributed by atoms with Crippen molar-refractivity contribution < 1.29 is 18.7 Å². The Morgan fingerprint density at radius 1 is 1.35 bits per heavy atom. The molecule has 1 aromatic rings. The SMILES string of the molecule is O=C(O)C1CCC(Cc2c(F)cccc2F)N1. The zero-order valence-corrected chi connectivity index (χ0v) is 9.12. The van der Waals surface area contributed by atoms with Crippen LogP contribution in [0.4, 0.5) is 8.78 Å². The smallest absolute Gasteiger partial charge is 0.320 e. The van der Waals surface area contributed by atoms with Crippen LogP contribution in [-0.4, -0.2) is 23.2 Å². The summed E-state index contributed by atoms with van der Waals surface area (Å²) in [6.45, 7) is 0. The van der Waals surface area contributed by atoms with E-state index in [9.17, 15) is 13.6 Å². The van der Waals surface area contributed by atoms with Gasteiger partial charge < -0.3 is 10.4 Å². The highest BCUT2D eigenvalue weighted by Gasteiger charge is 2.29.